The first kappa shape index (κ1) is 12.1. The third kappa shape index (κ3) is 4.03. The van der Waals surface area contributed by atoms with Gasteiger partial charge in [0.05, 0.1) is 5.02 Å². The van der Waals surface area contributed by atoms with Gasteiger partial charge in [-0.2, -0.15) is 11.8 Å². The first-order valence-electron chi connectivity index (χ1n) is 3.67. The molecule has 0 saturated carbocycles. The molecule has 1 aromatic carbocycles. The molecule has 0 aromatic heterocycles. The SMILES string of the molecule is F[B-](F)(F)CSc1cc(Cl)ccc1Cl. The minimum atomic E-state index is -4.79. The van der Waals surface area contributed by atoms with Crippen molar-refractivity contribution < 1.29 is 12.9 Å². The second kappa shape index (κ2) is 4.68. The molecule has 1 aromatic rings. The smallest absolute Gasteiger partial charge is 0.448 e. The first-order valence-corrected chi connectivity index (χ1v) is 5.41. The fourth-order valence-electron chi connectivity index (χ4n) is 0.772. The van der Waals surface area contributed by atoms with Crippen LogP contribution in [0.2, 0.25) is 10.0 Å². The Bertz CT molecular complexity index is 329. The van der Waals surface area contributed by atoms with E-state index in [1.165, 1.54) is 18.2 Å². The van der Waals surface area contributed by atoms with E-state index >= 15 is 0 Å². The van der Waals surface area contributed by atoms with Crippen LogP contribution in [-0.4, -0.2) is 12.6 Å². The van der Waals surface area contributed by atoms with Crippen LogP contribution >= 0.6 is 35.0 Å². The molecule has 0 heterocycles. The predicted octanol–water partition coefficient (Wildman–Crippen LogP) is 4.47. The molecule has 0 aliphatic rings. The monoisotopic (exact) mass is 259 g/mol. The lowest BCUT2D eigenvalue weighted by molar-refractivity contribution is 0.485. The van der Waals surface area contributed by atoms with Gasteiger partial charge in [-0.1, -0.05) is 23.2 Å². The minimum Gasteiger partial charge on any atom is -0.448 e. The highest BCUT2D eigenvalue weighted by molar-refractivity contribution is 8.00. The normalized spacial score (nSPS) is 11.8. The van der Waals surface area contributed by atoms with Crippen LogP contribution in [0.15, 0.2) is 23.1 Å². The van der Waals surface area contributed by atoms with Gasteiger partial charge in [-0.05, 0) is 23.9 Å². The second-order valence-electron chi connectivity index (χ2n) is 2.60. The molecule has 0 nitrogen and oxygen atoms in total. The summed E-state index contributed by atoms with van der Waals surface area (Å²) in [5.41, 5.74) is -0.903. The van der Waals surface area contributed by atoms with E-state index in [0.29, 0.717) is 26.7 Å². The van der Waals surface area contributed by atoms with Crippen LogP contribution in [0.5, 0.6) is 0 Å². The molecule has 0 fully saturated rings. The van der Waals surface area contributed by atoms with Crippen molar-refractivity contribution in [3.63, 3.8) is 0 Å². The van der Waals surface area contributed by atoms with Gasteiger partial charge >= 0.3 is 6.98 Å². The standard InChI is InChI=1S/C7H5BCl2F3S/c9-5-1-2-6(10)7(3-5)14-4-8(11,12)13/h1-3H,4H2/q-1. The average Bonchev–Trinajstić information content (AvgIpc) is 2.05. The lowest BCUT2D eigenvalue weighted by Gasteiger charge is -2.13. The van der Waals surface area contributed by atoms with Gasteiger partial charge < -0.3 is 12.9 Å². The van der Waals surface area contributed by atoms with E-state index in [1.54, 1.807) is 0 Å². The van der Waals surface area contributed by atoms with Crippen molar-refractivity contribution in [2.75, 3.05) is 5.65 Å². The van der Waals surface area contributed by atoms with Gasteiger partial charge in [-0.25, -0.2) is 0 Å². The molecule has 7 heteroatoms. The zero-order valence-corrected chi connectivity index (χ0v) is 9.14. The van der Waals surface area contributed by atoms with Gasteiger partial charge in [0.2, 0.25) is 0 Å². The number of thioether (sulfide) groups is 1. The third-order valence-corrected chi connectivity index (χ3v) is 3.19. The average molecular weight is 260 g/mol. The van der Waals surface area contributed by atoms with Crippen molar-refractivity contribution >= 4 is 41.9 Å². The maximum atomic E-state index is 11.9. The molecule has 0 amide bonds. The minimum absolute atomic E-state index is 0.291. The molecule has 0 bridgehead atoms. The van der Waals surface area contributed by atoms with Crippen molar-refractivity contribution in [3.8, 4) is 0 Å². The Balaban J connectivity index is 2.72. The van der Waals surface area contributed by atoms with E-state index in [2.05, 4.69) is 0 Å². The highest BCUT2D eigenvalue weighted by atomic mass is 35.5. The quantitative estimate of drug-likeness (QED) is 0.570. The molecule has 0 spiro atoms. The van der Waals surface area contributed by atoms with Crippen molar-refractivity contribution in [1.82, 2.24) is 0 Å². The Labute approximate surface area is 93.8 Å². The Kier molecular flexibility index (Phi) is 4.04. The van der Waals surface area contributed by atoms with Gasteiger partial charge in [0.15, 0.2) is 0 Å². The first-order chi connectivity index (χ1) is 6.38. The zero-order chi connectivity index (χ0) is 10.8. The molecule has 14 heavy (non-hydrogen) atoms. The number of hydrogen-bond donors (Lipinski definition) is 0. The van der Waals surface area contributed by atoms with Gasteiger partial charge in [-0.15, -0.1) is 0 Å². The van der Waals surface area contributed by atoms with E-state index in [0.717, 1.165) is 0 Å². The Morgan fingerprint density at radius 2 is 1.86 bits per heavy atom. The molecule has 0 radical (unpaired) electrons. The van der Waals surface area contributed by atoms with E-state index < -0.39 is 12.6 Å². The van der Waals surface area contributed by atoms with E-state index in [1.807, 2.05) is 0 Å². The summed E-state index contributed by atoms with van der Waals surface area (Å²) in [4.78, 5) is 0.360. The Hall–Kier alpha value is 0.00494. The van der Waals surface area contributed by atoms with Crippen LogP contribution in [0.4, 0.5) is 12.9 Å². The molecule has 0 unspecified atom stereocenters. The Morgan fingerprint density at radius 3 is 2.43 bits per heavy atom. The van der Waals surface area contributed by atoms with E-state index in [4.69, 9.17) is 23.2 Å². The summed E-state index contributed by atoms with van der Waals surface area (Å²) >= 11 is 12.0. The fourth-order valence-corrected chi connectivity index (χ4v) is 2.07. The molecule has 0 N–H and O–H groups in total. The molecular weight excluding hydrogens is 255 g/mol. The summed E-state index contributed by atoms with van der Waals surface area (Å²) in [6.45, 7) is -4.79. The van der Waals surface area contributed by atoms with Gasteiger partial charge in [0.1, 0.15) is 0 Å². The van der Waals surface area contributed by atoms with Crippen molar-refractivity contribution in [2.45, 2.75) is 4.90 Å². The van der Waals surface area contributed by atoms with Gasteiger partial charge in [0, 0.05) is 9.92 Å². The highest BCUT2D eigenvalue weighted by Gasteiger charge is 2.23. The summed E-state index contributed by atoms with van der Waals surface area (Å²) in [7, 11) is 0. The van der Waals surface area contributed by atoms with Crippen LogP contribution in [-0.2, 0) is 0 Å². The number of rotatable bonds is 3. The van der Waals surface area contributed by atoms with Crippen LogP contribution in [0, 0.1) is 0 Å². The highest BCUT2D eigenvalue weighted by Crippen LogP contribution is 2.32. The summed E-state index contributed by atoms with van der Waals surface area (Å²) < 4.78 is 35.8. The molecule has 0 saturated heterocycles. The van der Waals surface area contributed by atoms with Gasteiger partial charge in [-0.3, -0.25) is 0 Å². The molecule has 0 atom stereocenters. The number of benzene rings is 1. The fraction of sp³-hybridized carbons (Fsp3) is 0.143. The summed E-state index contributed by atoms with van der Waals surface area (Å²) in [5.74, 6) is 0. The van der Waals surface area contributed by atoms with Crippen LogP contribution in [0.1, 0.15) is 0 Å². The summed E-state index contributed by atoms with van der Waals surface area (Å²) in [6, 6.07) is 4.44. The zero-order valence-electron chi connectivity index (χ0n) is 6.81. The lowest BCUT2D eigenvalue weighted by Crippen LogP contribution is -2.18. The van der Waals surface area contributed by atoms with Crippen molar-refractivity contribution in [1.29, 1.82) is 0 Å². The second-order valence-corrected chi connectivity index (χ2v) is 4.50. The molecular formula is C7H5BCl2F3S-. The summed E-state index contributed by atoms with van der Waals surface area (Å²) in [5, 5.41) is 0.672. The maximum absolute atomic E-state index is 11.9. The number of halogens is 5. The predicted molar refractivity (Wildman–Crippen MR) is 56.3 cm³/mol. The molecule has 1 rings (SSSR count). The Morgan fingerprint density at radius 1 is 1.21 bits per heavy atom. The molecule has 78 valence electrons. The van der Waals surface area contributed by atoms with Crippen LogP contribution in [0.25, 0.3) is 0 Å². The summed E-state index contributed by atoms with van der Waals surface area (Å²) in [6.07, 6.45) is 0. The van der Waals surface area contributed by atoms with E-state index in [9.17, 15) is 12.9 Å². The molecule has 0 aliphatic heterocycles. The topological polar surface area (TPSA) is 0 Å². The number of hydrogen-bond acceptors (Lipinski definition) is 1. The lowest BCUT2D eigenvalue weighted by atomic mass is 9.98. The third-order valence-electron chi connectivity index (χ3n) is 1.32. The molecule has 0 aliphatic carbocycles. The van der Waals surface area contributed by atoms with Crippen LogP contribution in [0.3, 0.4) is 0 Å². The van der Waals surface area contributed by atoms with E-state index in [-0.39, 0.29) is 0 Å². The van der Waals surface area contributed by atoms with Crippen molar-refractivity contribution in [2.24, 2.45) is 0 Å². The van der Waals surface area contributed by atoms with Crippen molar-refractivity contribution in [3.05, 3.63) is 28.2 Å². The van der Waals surface area contributed by atoms with Gasteiger partial charge in [0.25, 0.3) is 0 Å². The maximum Gasteiger partial charge on any atom is 0.488 e. The largest absolute Gasteiger partial charge is 0.488 e. The van der Waals surface area contributed by atoms with Crippen LogP contribution < -0.4 is 0 Å².